The summed E-state index contributed by atoms with van der Waals surface area (Å²) in [6, 6.07) is 13.1. The lowest BCUT2D eigenvalue weighted by atomic mass is 9.95. The number of rotatable bonds is 9. The zero-order valence-electron chi connectivity index (χ0n) is 21.3. The summed E-state index contributed by atoms with van der Waals surface area (Å²) >= 11 is 0.935. The van der Waals surface area contributed by atoms with E-state index in [2.05, 4.69) is 4.98 Å². The summed E-state index contributed by atoms with van der Waals surface area (Å²) in [6.45, 7) is 3.86. The quantitative estimate of drug-likeness (QED) is 0.307. The Balaban J connectivity index is 1.84. The molecule has 38 heavy (non-hydrogen) atoms. The number of nitrogens with zero attached hydrogens (tertiary/aromatic N) is 2. The van der Waals surface area contributed by atoms with Gasteiger partial charge in [-0.25, -0.2) is 9.78 Å². The first-order valence-corrected chi connectivity index (χ1v) is 12.5. The van der Waals surface area contributed by atoms with Crippen molar-refractivity contribution in [3.63, 3.8) is 0 Å². The van der Waals surface area contributed by atoms with Crippen LogP contribution in [0.15, 0.2) is 65.9 Å². The van der Waals surface area contributed by atoms with Gasteiger partial charge in [0.1, 0.15) is 4.88 Å². The highest BCUT2D eigenvalue weighted by Gasteiger charge is 2.45. The number of benzene rings is 2. The summed E-state index contributed by atoms with van der Waals surface area (Å²) in [5, 5.41) is 11.1. The Labute approximate surface area is 223 Å². The normalized spacial score (nSPS) is 15.3. The molecule has 1 atom stereocenters. The maximum atomic E-state index is 13.5. The smallest absolute Gasteiger partial charge is 0.350 e. The lowest BCUT2D eigenvalue weighted by Crippen LogP contribution is -2.30. The zero-order chi connectivity index (χ0) is 27.4. The van der Waals surface area contributed by atoms with Crippen LogP contribution in [0.2, 0.25) is 0 Å². The topological polar surface area (TPSA) is 115 Å². The number of hydrogen-bond donors (Lipinski definition) is 1. The van der Waals surface area contributed by atoms with Crippen molar-refractivity contribution in [3.05, 3.63) is 87.6 Å². The number of ketones is 1. The second kappa shape index (κ2) is 11.3. The third kappa shape index (κ3) is 5.03. The second-order valence-corrected chi connectivity index (χ2v) is 9.17. The van der Waals surface area contributed by atoms with Crippen LogP contribution in [0.4, 0.5) is 5.13 Å². The highest BCUT2D eigenvalue weighted by atomic mass is 32.1. The minimum atomic E-state index is -1.05. The minimum absolute atomic E-state index is 0.124. The van der Waals surface area contributed by atoms with Crippen molar-refractivity contribution >= 4 is 40.2 Å². The van der Waals surface area contributed by atoms with E-state index in [1.54, 1.807) is 31.2 Å². The van der Waals surface area contributed by atoms with Crippen LogP contribution >= 0.6 is 11.3 Å². The number of thiazole rings is 1. The molecular weight excluding hydrogens is 508 g/mol. The molecule has 1 amide bonds. The van der Waals surface area contributed by atoms with Crippen LogP contribution in [-0.2, 0) is 14.3 Å². The molecule has 10 heteroatoms. The Morgan fingerprint density at radius 1 is 1.13 bits per heavy atom. The van der Waals surface area contributed by atoms with Gasteiger partial charge in [-0.2, -0.15) is 0 Å². The van der Waals surface area contributed by atoms with Gasteiger partial charge in [-0.15, -0.1) is 0 Å². The van der Waals surface area contributed by atoms with E-state index in [0.29, 0.717) is 29.4 Å². The van der Waals surface area contributed by atoms with Crippen molar-refractivity contribution in [1.82, 2.24) is 4.98 Å². The van der Waals surface area contributed by atoms with Crippen LogP contribution in [-0.4, -0.2) is 48.6 Å². The Morgan fingerprint density at radius 2 is 1.87 bits per heavy atom. The van der Waals surface area contributed by atoms with Crippen LogP contribution in [0, 0.1) is 6.92 Å². The first-order valence-electron chi connectivity index (χ1n) is 11.7. The van der Waals surface area contributed by atoms with Gasteiger partial charge in [-0.1, -0.05) is 53.8 Å². The number of aliphatic hydroxyl groups excluding tert-OH is 1. The van der Waals surface area contributed by atoms with Gasteiger partial charge in [0, 0.05) is 0 Å². The van der Waals surface area contributed by atoms with Crippen LogP contribution in [0.25, 0.3) is 6.08 Å². The molecule has 1 aromatic heterocycles. The Kier molecular flexibility index (Phi) is 7.92. The van der Waals surface area contributed by atoms with Gasteiger partial charge < -0.3 is 19.3 Å². The molecule has 0 aliphatic carbocycles. The number of anilines is 1. The molecule has 2 aromatic carbocycles. The SMILES string of the molecule is CCOc1ccc(C2C(C(=O)C=Cc3ccccc3)=C(O)C(=O)N2c2nc(C)c(C(=O)OC)s2)cc1OC. The molecule has 4 rings (SSSR count). The molecule has 1 aliphatic rings. The number of amides is 1. The summed E-state index contributed by atoms with van der Waals surface area (Å²) in [5.74, 6) is -1.79. The Bertz CT molecular complexity index is 1440. The molecule has 1 unspecified atom stereocenters. The average Bonchev–Trinajstić information content (AvgIpc) is 3.44. The molecule has 0 saturated heterocycles. The monoisotopic (exact) mass is 534 g/mol. The summed E-state index contributed by atoms with van der Waals surface area (Å²) in [7, 11) is 2.73. The van der Waals surface area contributed by atoms with E-state index in [-0.39, 0.29) is 15.6 Å². The molecule has 196 valence electrons. The summed E-state index contributed by atoms with van der Waals surface area (Å²) in [4.78, 5) is 44.9. The number of aromatic nitrogens is 1. The van der Waals surface area contributed by atoms with Crippen LogP contribution in [0.5, 0.6) is 11.5 Å². The predicted octanol–water partition coefficient (Wildman–Crippen LogP) is 4.83. The van der Waals surface area contributed by atoms with Crippen molar-refractivity contribution < 1.29 is 33.7 Å². The fraction of sp³-hybridized carbons (Fsp3) is 0.214. The summed E-state index contributed by atoms with van der Waals surface area (Å²) < 4.78 is 15.9. The van der Waals surface area contributed by atoms with Crippen molar-refractivity contribution in [1.29, 1.82) is 0 Å². The van der Waals surface area contributed by atoms with Crippen LogP contribution in [0.3, 0.4) is 0 Å². The standard InChI is InChI=1S/C28H26N2O7S/c1-5-37-20-14-12-18(15-21(20)35-3)23-22(19(31)13-11-17-9-7-6-8-10-17)24(32)26(33)30(23)28-29-16(2)25(38-28)27(34)36-4/h6-15,23,32H,5H2,1-4H3. The van der Waals surface area contributed by atoms with Crippen molar-refractivity contribution in [3.8, 4) is 11.5 Å². The van der Waals surface area contributed by atoms with E-state index in [4.69, 9.17) is 14.2 Å². The van der Waals surface area contributed by atoms with Gasteiger partial charge in [0.25, 0.3) is 5.91 Å². The molecule has 1 N–H and O–H groups in total. The van der Waals surface area contributed by atoms with E-state index in [1.165, 1.54) is 25.2 Å². The number of ether oxygens (including phenoxy) is 3. The summed E-state index contributed by atoms with van der Waals surface area (Å²) in [5.41, 5.74) is 1.49. The molecule has 0 radical (unpaired) electrons. The second-order valence-electron chi connectivity index (χ2n) is 8.19. The van der Waals surface area contributed by atoms with E-state index < -0.39 is 29.5 Å². The first-order chi connectivity index (χ1) is 18.3. The summed E-state index contributed by atoms with van der Waals surface area (Å²) in [6.07, 6.45) is 2.91. The molecule has 9 nitrogen and oxygen atoms in total. The fourth-order valence-electron chi connectivity index (χ4n) is 4.09. The van der Waals surface area contributed by atoms with E-state index in [9.17, 15) is 19.5 Å². The fourth-order valence-corrected chi connectivity index (χ4v) is 5.10. The molecule has 0 spiro atoms. The third-order valence-electron chi connectivity index (χ3n) is 5.87. The van der Waals surface area contributed by atoms with Gasteiger partial charge in [0.15, 0.2) is 28.2 Å². The number of aliphatic hydroxyl groups is 1. The highest BCUT2D eigenvalue weighted by Crippen LogP contribution is 2.45. The molecule has 0 bridgehead atoms. The van der Waals surface area contributed by atoms with E-state index in [1.807, 2.05) is 37.3 Å². The van der Waals surface area contributed by atoms with Gasteiger partial charge >= 0.3 is 5.97 Å². The number of aryl methyl sites for hydroxylation is 1. The third-order valence-corrected chi connectivity index (χ3v) is 7.00. The van der Waals surface area contributed by atoms with Gasteiger partial charge in [0.2, 0.25) is 0 Å². The van der Waals surface area contributed by atoms with E-state index >= 15 is 0 Å². The molecule has 2 heterocycles. The average molecular weight is 535 g/mol. The predicted molar refractivity (Wildman–Crippen MR) is 143 cm³/mol. The highest BCUT2D eigenvalue weighted by molar-refractivity contribution is 7.17. The lowest BCUT2D eigenvalue weighted by Gasteiger charge is -2.25. The lowest BCUT2D eigenvalue weighted by molar-refractivity contribution is -0.117. The molecule has 3 aromatic rings. The number of allylic oxidation sites excluding steroid dienone is 1. The largest absolute Gasteiger partial charge is 0.503 e. The molecule has 1 aliphatic heterocycles. The zero-order valence-corrected chi connectivity index (χ0v) is 22.1. The minimum Gasteiger partial charge on any atom is -0.503 e. The van der Waals surface area contributed by atoms with Gasteiger partial charge in [-0.3, -0.25) is 14.5 Å². The first kappa shape index (κ1) is 26.6. The number of esters is 1. The van der Waals surface area contributed by atoms with Crippen molar-refractivity contribution in [2.75, 3.05) is 25.7 Å². The molecule has 0 saturated carbocycles. The number of methoxy groups -OCH3 is 2. The van der Waals surface area contributed by atoms with Crippen molar-refractivity contribution in [2.24, 2.45) is 0 Å². The van der Waals surface area contributed by atoms with Crippen molar-refractivity contribution in [2.45, 2.75) is 19.9 Å². The maximum Gasteiger partial charge on any atom is 0.350 e. The Hall–Kier alpha value is -4.44. The van der Waals surface area contributed by atoms with Crippen LogP contribution in [0.1, 0.15) is 39.5 Å². The van der Waals surface area contributed by atoms with E-state index in [0.717, 1.165) is 16.9 Å². The number of carbonyl (C=O) groups is 3. The number of hydrogen-bond acceptors (Lipinski definition) is 9. The Morgan fingerprint density at radius 3 is 2.53 bits per heavy atom. The number of carbonyl (C=O) groups excluding carboxylic acids is 3. The van der Waals surface area contributed by atoms with Gasteiger partial charge in [0.05, 0.1) is 38.1 Å². The molecular formula is C28H26N2O7S. The molecule has 0 fully saturated rings. The maximum absolute atomic E-state index is 13.5. The van der Waals surface area contributed by atoms with Crippen LogP contribution < -0.4 is 14.4 Å². The van der Waals surface area contributed by atoms with Gasteiger partial charge in [-0.05, 0) is 43.2 Å².